The van der Waals surface area contributed by atoms with Crippen LogP contribution >= 0.6 is 0 Å². The van der Waals surface area contributed by atoms with Crippen molar-refractivity contribution in [2.45, 2.75) is 71.5 Å². The first-order chi connectivity index (χ1) is 9.49. The van der Waals surface area contributed by atoms with Crippen LogP contribution in [0.2, 0.25) is 0 Å². The highest BCUT2D eigenvalue weighted by molar-refractivity contribution is 5.40. The lowest BCUT2D eigenvalue weighted by Gasteiger charge is -2.29. The minimum atomic E-state index is 0.151. The lowest BCUT2D eigenvalue weighted by Crippen LogP contribution is -2.35. The van der Waals surface area contributed by atoms with Crippen LogP contribution in [0.3, 0.4) is 0 Å². The molecule has 0 unspecified atom stereocenters. The summed E-state index contributed by atoms with van der Waals surface area (Å²) in [5.41, 5.74) is 1.41. The van der Waals surface area contributed by atoms with Gasteiger partial charge in [-0.3, -0.25) is 0 Å². The fourth-order valence-corrected chi connectivity index (χ4v) is 2.88. The van der Waals surface area contributed by atoms with Crippen molar-refractivity contribution in [1.29, 1.82) is 0 Å². The molecule has 1 aliphatic rings. The lowest BCUT2D eigenvalue weighted by molar-refractivity contribution is 0.424. The van der Waals surface area contributed by atoms with Crippen molar-refractivity contribution in [3.63, 3.8) is 0 Å². The van der Waals surface area contributed by atoms with Crippen LogP contribution < -0.4 is 10.2 Å². The number of hydrogen-bond donors (Lipinski definition) is 1. The van der Waals surface area contributed by atoms with Crippen LogP contribution in [-0.4, -0.2) is 23.1 Å². The zero-order valence-corrected chi connectivity index (χ0v) is 13.4. The molecular formula is C17H29N3. The van der Waals surface area contributed by atoms with Crippen molar-refractivity contribution in [3.8, 4) is 0 Å². The molecule has 0 aliphatic heterocycles. The van der Waals surface area contributed by atoms with Crippen LogP contribution in [0.4, 0.5) is 5.82 Å². The third kappa shape index (κ3) is 4.20. The molecule has 0 amide bonds. The summed E-state index contributed by atoms with van der Waals surface area (Å²) in [5, 5.41) is 3.50. The van der Waals surface area contributed by atoms with Gasteiger partial charge in [0.1, 0.15) is 5.82 Å². The van der Waals surface area contributed by atoms with E-state index in [9.17, 15) is 0 Å². The molecule has 0 spiro atoms. The van der Waals surface area contributed by atoms with Crippen molar-refractivity contribution in [2.75, 3.05) is 11.4 Å². The van der Waals surface area contributed by atoms with E-state index in [0.29, 0.717) is 6.04 Å². The Morgan fingerprint density at radius 1 is 1.25 bits per heavy atom. The van der Waals surface area contributed by atoms with E-state index in [1.54, 1.807) is 0 Å². The topological polar surface area (TPSA) is 28.2 Å². The molecule has 1 aliphatic carbocycles. The van der Waals surface area contributed by atoms with E-state index in [1.807, 2.05) is 6.20 Å². The predicted molar refractivity (Wildman–Crippen MR) is 86.1 cm³/mol. The second-order valence-electron chi connectivity index (χ2n) is 6.85. The lowest BCUT2D eigenvalue weighted by atomic mass is 10.1. The Kier molecular flexibility index (Phi) is 5.03. The molecule has 3 nitrogen and oxygen atoms in total. The van der Waals surface area contributed by atoms with E-state index in [0.717, 1.165) is 18.9 Å². The van der Waals surface area contributed by atoms with Gasteiger partial charge in [-0.2, -0.15) is 0 Å². The Bertz CT molecular complexity index is 399. The van der Waals surface area contributed by atoms with Crippen LogP contribution in [-0.2, 0) is 6.54 Å². The van der Waals surface area contributed by atoms with E-state index in [4.69, 9.17) is 0 Å². The molecule has 112 valence electrons. The average Bonchev–Trinajstić information content (AvgIpc) is 2.92. The Morgan fingerprint density at radius 3 is 2.45 bits per heavy atom. The van der Waals surface area contributed by atoms with Gasteiger partial charge in [-0.05, 0) is 52.2 Å². The number of rotatable bonds is 5. The number of aromatic nitrogens is 1. The molecule has 1 heterocycles. The van der Waals surface area contributed by atoms with Gasteiger partial charge in [0, 0.05) is 30.9 Å². The quantitative estimate of drug-likeness (QED) is 0.887. The van der Waals surface area contributed by atoms with Crippen LogP contribution in [0.25, 0.3) is 0 Å². The summed E-state index contributed by atoms with van der Waals surface area (Å²) < 4.78 is 0. The molecule has 3 heteroatoms. The summed E-state index contributed by atoms with van der Waals surface area (Å²) in [4.78, 5) is 7.15. The fourth-order valence-electron chi connectivity index (χ4n) is 2.88. The van der Waals surface area contributed by atoms with Crippen molar-refractivity contribution in [1.82, 2.24) is 10.3 Å². The van der Waals surface area contributed by atoms with Crippen molar-refractivity contribution < 1.29 is 0 Å². The number of nitrogens with one attached hydrogen (secondary N) is 1. The van der Waals surface area contributed by atoms with Gasteiger partial charge in [-0.25, -0.2) is 4.98 Å². The Balaban J connectivity index is 1.99. The van der Waals surface area contributed by atoms with Crippen molar-refractivity contribution in [3.05, 3.63) is 23.9 Å². The van der Waals surface area contributed by atoms with E-state index < -0.39 is 0 Å². The minimum Gasteiger partial charge on any atom is -0.354 e. The first-order valence-corrected chi connectivity index (χ1v) is 7.96. The highest BCUT2D eigenvalue weighted by atomic mass is 15.2. The standard InChI is InChI=1S/C17H29N3/c1-5-20(15-8-6-7-9-15)16-11-10-14(12-18-16)13-19-17(2,3)4/h10-12,15,19H,5-9,13H2,1-4H3. The molecule has 1 N–H and O–H groups in total. The van der Waals surface area contributed by atoms with Gasteiger partial charge < -0.3 is 10.2 Å². The summed E-state index contributed by atoms with van der Waals surface area (Å²) in [7, 11) is 0. The highest BCUT2D eigenvalue weighted by Crippen LogP contribution is 2.26. The Morgan fingerprint density at radius 2 is 1.95 bits per heavy atom. The Hall–Kier alpha value is -1.09. The monoisotopic (exact) mass is 275 g/mol. The van der Waals surface area contributed by atoms with Gasteiger partial charge in [0.25, 0.3) is 0 Å². The number of pyridine rings is 1. The van der Waals surface area contributed by atoms with Crippen LogP contribution in [0.15, 0.2) is 18.3 Å². The van der Waals surface area contributed by atoms with Gasteiger partial charge in [-0.1, -0.05) is 18.9 Å². The smallest absolute Gasteiger partial charge is 0.128 e. The maximum atomic E-state index is 4.68. The first-order valence-electron chi connectivity index (χ1n) is 7.96. The molecule has 1 aromatic rings. The maximum Gasteiger partial charge on any atom is 0.128 e. The van der Waals surface area contributed by atoms with Gasteiger partial charge in [-0.15, -0.1) is 0 Å². The zero-order chi connectivity index (χ0) is 14.6. The summed E-state index contributed by atoms with van der Waals surface area (Å²) in [6.45, 7) is 10.7. The molecule has 1 fully saturated rings. The molecular weight excluding hydrogens is 246 g/mol. The normalized spacial score (nSPS) is 16.6. The number of hydrogen-bond acceptors (Lipinski definition) is 3. The molecule has 1 saturated carbocycles. The number of nitrogens with zero attached hydrogens (tertiary/aromatic N) is 2. The van der Waals surface area contributed by atoms with Crippen LogP contribution in [0.1, 0.15) is 58.9 Å². The molecule has 0 atom stereocenters. The molecule has 2 rings (SSSR count). The summed E-state index contributed by atoms with van der Waals surface area (Å²) in [6, 6.07) is 5.09. The number of anilines is 1. The van der Waals surface area contributed by atoms with E-state index >= 15 is 0 Å². The second kappa shape index (κ2) is 6.57. The molecule has 0 aromatic carbocycles. The molecule has 1 aromatic heterocycles. The molecule has 20 heavy (non-hydrogen) atoms. The largest absolute Gasteiger partial charge is 0.354 e. The summed E-state index contributed by atoms with van der Waals surface area (Å²) in [6.07, 6.45) is 7.40. The van der Waals surface area contributed by atoms with Crippen molar-refractivity contribution >= 4 is 5.82 Å². The van der Waals surface area contributed by atoms with Gasteiger partial charge >= 0.3 is 0 Å². The molecule has 0 bridgehead atoms. The van der Waals surface area contributed by atoms with Crippen molar-refractivity contribution in [2.24, 2.45) is 0 Å². The van der Waals surface area contributed by atoms with Gasteiger partial charge in [0.2, 0.25) is 0 Å². The third-order valence-corrected chi connectivity index (χ3v) is 4.03. The third-order valence-electron chi connectivity index (χ3n) is 4.03. The van der Waals surface area contributed by atoms with Crippen LogP contribution in [0.5, 0.6) is 0 Å². The predicted octanol–water partition coefficient (Wildman–Crippen LogP) is 3.74. The summed E-state index contributed by atoms with van der Waals surface area (Å²) in [5.74, 6) is 1.14. The molecule has 0 saturated heterocycles. The van der Waals surface area contributed by atoms with E-state index in [2.05, 4.69) is 55.0 Å². The SMILES string of the molecule is CCN(c1ccc(CNC(C)(C)C)cn1)C1CCCC1. The van der Waals surface area contributed by atoms with Crippen LogP contribution in [0, 0.1) is 0 Å². The molecule has 0 radical (unpaired) electrons. The highest BCUT2D eigenvalue weighted by Gasteiger charge is 2.22. The van der Waals surface area contributed by atoms with E-state index in [1.165, 1.54) is 31.2 Å². The average molecular weight is 275 g/mol. The second-order valence-corrected chi connectivity index (χ2v) is 6.85. The Labute approximate surface area is 123 Å². The zero-order valence-electron chi connectivity index (χ0n) is 13.4. The van der Waals surface area contributed by atoms with Gasteiger partial charge in [0.05, 0.1) is 0 Å². The fraction of sp³-hybridized carbons (Fsp3) is 0.706. The maximum absolute atomic E-state index is 4.68. The van der Waals surface area contributed by atoms with Gasteiger partial charge in [0.15, 0.2) is 0 Å². The first kappa shape index (κ1) is 15.3. The minimum absolute atomic E-state index is 0.151. The summed E-state index contributed by atoms with van der Waals surface area (Å²) >= 11 is 0. The van der Waals surface area contributed by atoms with E-state index in [-0.39, 0.29) is 5.54 Å².